The summed E-state index contributed by atoms with van der Waals surface area (Å²) in [7, 11) is -0.175. The third-order valence-corrected chi connectivity index (χ3v) is 3.91. The molecule has 116 valence electrons. The van der Waals surface area contributed by atoms with Gasteiger partial charge in [0.1, 0.15) is 0 Å². The van der Waals surface area contributed by atoms with E-state index in [0.717, 1.165) is 12.0 Å². The van der Waals surface area contributed by atoms with Crippen LogP contribution in [0.5, 0.6) is 6.01 Å². The van der Waals surface area contributed by atoms with Crippen LogP contribution in [-0.2, 0) is 0 Å². The predicted molar refractivity (Wildman–Crippen MR) is 90.7 cm³/mol. The molecule has 1 aromatic rings. The minimum absolute atomic E-state index is 0.275. The molecule has 1 aromatic heterocycles. The van der Waals surface area contributed by atoms with Crippen molar-refractivity contribution in [3.8, 4) is 6.01 Å². The summed E-state index contributed by atoms with van der Waals surface area (Å²) in [6, 6.07) is 0.727. The second-order valence-electron chi connectivity index (χ2n) is 6.30. The van der Waals surface area contributed by atoms with Gasteiger partial charge in [-0.1, -0.05) is 19.1 Å². The van der Waals surface area contributed by atoms with Gasteiger partial charge >= 0.3 is 13.1 Å². The Morgan fingerprint density at radius 3 is 2.43 bits per heavy atom. The molecule has 0 fully saturated rings. The van der Waals surface area contributed by atoms with E-state index in [-0.39, 0.29) is 6.04 Å². The highest BCUT2D eigenvalue weighted by molar-refractivity contribution is 6.70. The van der Waals surface area contributed by atoms with E-state index in [9.17, 15) is 5.02 Å². The fourth-order valence-electron chi connectivity index (χ4n) is 1.67. The van der Waals surface area contributed by atoms with Crippen LogP contribution in [0.4, 0.5) is 0 Å². The summed E-state index contributed by atoms with van der Waals surface area (Å²) in [5, 5.41) is 9.50. The number of aromatic nitrogens is 2. The SMILES string of the molecule is CB(O)N(C)[C@@H](C)C/C=C/c1cnc(O[Si](C)(C)C)nc1. The van der Waals surface area contributed by atoms with E-state index in [0.29, 0.717) is 6.01 Å². The standard InChI is InChI=1S/C14H26BN3O2Si/c1-12(18(3)15(2)19)8-7-9-13-10-16-14(17-11-13)20-21(4,5)6/h7,9-12,19H,8H2,1-6H3/b9-7+/t12-/m0/s1. The van der Waals surface area contributed by atoms with Crippen LogP contribution in [0.1, 0.15) is 18.9 Å². The predicted octanol–water partition coefficient (Wildman–Crippen LogP) is 2.52. The summed E-state index contributed by atoms with van der Waals surface area (Å²) in [4.78, 5) is 10.4. The van der Waals surface area contributed by atoms with Crippen LogP contribution in [0.25, 0.3) is 6.08 Å². The van der Waals surface area contributed by atoms with Gasteiger partial charge in [-0.15, -0.1) is 0 Å². The van der Waals surface area contributed by atoms with Crippen LogP contribution in [0.3, 0.4) is 0 Å². The molecule has 0 aliphatic carbocycles. The van der Waals surface area contributed by atoms with E-state index >= 15 is 0 Å². The van der Waals surface area contributed by atoms with E-state index in [2.05, 4.69) is 42.6 Å². The molecule has 1 heterocycles. The topological polar surface area (TPSA) is 58.5 Å². The second-order valence-corrected chi connectivity index (χ2v) is 10.7. The van der Waals surface area contributed by atoms with Crippen molar-refractivity contribution in [1.82, 2.24) is 14.8 Å². The molecule has 0 radical (unpaired) electrons. The van der Waals surface area contributed by atoms with Crippen molar-refractivity contribution in [3.05, 3.63) is 24.0 Å². The zero-order valence-corrected chi connectivity index (χ0v) is 14.9. The average molecular weight is 307 g/mol. The molecule has 5 nitrogen and oxygen atoms in total. The van der Waals surface area contributed by atoms with Crippen molar-refractivity contribution < 1.29 is 9.45 Å². The Balaban J connectivity index is 2.54. The first-order valence-corrected chi connectivity index (χ1v) is 10.7. The van der Waals surface area contributed by atoms with Crippen molar-refractivity contribution in [1.29, 1.82) is 0 Å². The summed E-state index contributed by atoms with van der Waals surface area (Å²) in [5.41, 5.74) is 0.949. The fraction of sp³-hybridized carbons (Fsp3) is 0.571. The van der Waals surface area contributed by atoms with Gasteiger partial charge in [-0.3, -0.25) is 0 Å². The summed E-state index contributed by atoms with van der Waals surface area (Å²) < 4.78 is 5.72. The summed E-state index contributed by atoms with van der Waals surface area (Å²) >= 11 is 0. The average Bonchev–Trinajstić information content (AvgIpc) is 2.38. The lowest BCUT2D eigenvalue weighted by Gasteiger charge is -2.24. The van der Waals surface area contributed by atoms with Gasteiger partial charge in [0.2, 0.25) is 8.32 Å². The molecule has 1 atom stereocenters. The second kappa shape index (κ2) is 7.72. The van der Waals surface area contributed by atoms with Crippen molar-refractivity contribution in [2.24, 2.45) is 0 Å². The quantitative estimate of drug-likeness (QED) is 0.784. The Hall–Kier alpha value is -1.18. The first-order valence-electron chi connectivity index (χ1n) is 7.26. The molecule has 0 bridgehead atoms. The minimum Gasteiger partial charge on any atom is -0.518 e. The Morgan fingerprint density at radius 2 is 1.95 bits per heavy atom. The van der Waals surface area contributed by atoms with Gasteiger partial charge in [0.25, 0.3) is 0 Å². The molecule has 0 amide bonds. The number of nitrogens with zero attached hydrogens (tertiary/aromatic N) is 3. The Labute approximate surface area is 129 Å². The van der Waals surface area contributed by atoms with Gasteiger partial charge in [0, 0.05) is 24.0 Å². The van der Waals surface area contributed by atoms with E-state index < -0.39 is 15.4 Å². The monoisotopic (exact) mass is 307 g/mol. The lowest BCUT2D eigenvalue weighted by molar-refractivity contribution is 0.349. The summed E-state index contributed by atoms with van der Waals surface area (Å²) in [5.74, 6) is 0. The molecule has 21 heavy (non-hydrogen) atoms. The number of hydrogen-bond donors (Lipinski definition) is 1. The van der Waals surface area contributed by atoms with Gasteiger partial charge in [0.05, 0.1) is 0 Å². The van der Waals surface area contributed by atoms with Crippen LogP contribution < -0.4 is 4.43 Å². The molecular formula is C14H26BN3O2Si. The first kappa shape index (κ1) is 17.9. The molecule has 0 aliphatic heterocycles. The molecule has 0 aliphatic rings. The zero-order chi connectivity index (χ0) is 16.0. The maximum absolute atomic E-state index is 9.50. The third-order valence-electron chi connectivity index (χ3n) is 3.12. The van der Waals surface area contributed by atoms with Crippen molar-refractivity contribution in [3.63, 3.8) is 0 Å². The molecule has 0 saturated heterocycles. The molecule has 0 saturated carbocycles. The highest BCUT2D eigenvalue weighted by atomic mass is 28.4. The van der Waals surface area contributed by atoms with Crippen LogP contribution >= 0.6 is 0 Å². The van der Waals surface area contributed by atoms with Crippen LogP contribution in [0.2, 0.25) is 26.5 Å². The number of hydrogen-bond acceptors (Lipinski definition) is 5. The minimum atomic E-state index is -1.65. The van der Waals surface area contributed by atoms with Gasteiger partial charge in [-0.05, 0) is 39.9 Å². The lowest BCUT2D eigenvalue weighted by Crippen LogP contribution is -2.39. The first-order chi connectivity index (χ1) is 9.69. The van der Waals surface area contributed by atoms with Gasteiger partial charge in [-0.25, -0.2) is 9.97 Å². The van der Waals surface area contributed by atoms with Gasteiger partial charge < -0.3 is 14.3 Å². The van der Waals surface area contributed by atoms with Crippen molar-refractivity contribution in [2.45, 2.75) is 45.9 Å². The maximum atomic E-state index is 9.50. The smallest absolute Gasteiger partial charge is 0.376 e. The highest BCUT2D eigenvalue weighted by Gasteiger charge is 2.17. The zero-order valence-electron chi connectivity index (χ0n) is 13.9. The van der Waals surface area contributed by atoms with Gasteiger partial charge in [-0.2, -0.15) is 0 Å². The molecule has 1 N–H and O–H groups in total. The third kappa shape index (κ3) is 6.88. The molecule has 0 spiro atoms. The van der Waals surface area contributed by atoms with Crippen molar-refractivity contribution in [2.75, 3.05) is 7.05 Å². The van der Waals surface area contributed by atoms with Crippen LogP contribution in [-0.4, -0.2) is 48.3 Å². The Kier molecular flexibility index (Phi) is 6.57. The molecule has 0 unspecified atom stereocenters. The Bertz CT molecular complexity index is 460. The van der Waals surface area contributed by atoms with Crippen molar-refractivity contribution >= 4 is 21.4 Å². The fourth-order valence-corrected chi connectivity index (χ4v) is 2.33. The van der Waals surface area contributed by atoms with E-state index in [1.165, 1.54) is 0 Å². The molecule has 7 heteroatoms. The largest absolute Gasteiger partial charge is 0.518 e. The highest BCUT2D eigenvalue weighted by Crippen LogP contribution is 2.11. The van der Waals surface area contributed by atoms with E-state index in [1.54, 1.807) is 19.2 Å². The van der Waals surface area contributed by atoms with Crippen LogP contribution in [0, 0.1) is 0 Å². The Morgan fingerprint density at radius 1 is 1.38 bits per heavy atom. The van der Waals surface area contributed by atoms with E-state index in [4.69, 9.17) is 4.43 Å². The lowest BCUT2D eigenvalue weighted by atomic mass is 9.84. The van der Waals surface area contributed by atoms with Gasteiger partial charge in [0.15, 0.2) is 0 Å². The summed E-state index contributed by atoms with van der Waals surface area (Å²) in [6.07, 6.45) is 8.45. The number of rotatable bonds is 7. The molecular weight excluding hydrogens is 281 g/mol. The molecule has 1 rings (SSSR count). The molecule has 0 aromatic carbocycles. The maximum Gasteiger partial charge on any atom is 0.376 e. The van der Waals surface area contributed by atoms with Crippen LogP contribution in [0.15, 0.2) is 18.5 Å². The van der Waals surface area contributed by atoms with E-state index in [1.807, 2.05) is 17.9 Å². The summed E-state index contributed by atoms with van der Waals surface area (Å²) in [6.45, 7) is 10.2. The normalized spacial score (nSPS) is 13.7.